The van der Waals surface area contributed by atoms with Crippen LogP contribution in [0.4, 0.5) is 5.69 Å². The zero-order valence-electron chi connectivity index (χ0n) is 17.0. The van der Waals surface area contributed by atoms with Gasteiger partial charge in [0.15, 0.2) is 0 Å². The molecule has 0 aliphatic heterocycles. The van der Waals surface area contributed by atoms with Gasteiger partial charge in [0.05, 0.1) is 34.6 Å². The summed E-state index contributed by atoms with van der Waals surface area (Å²) in [5, 5.41) is 4.24. The number of nitrogens with zero attached hydrogens (tertiary/aromatic N) is 1. The smallest absolute Gasteiger partial charge is 0.256 e. The second-order valence-electron chi connectivity index (χ2n) is 7.20. The first kappa shape index (κ1) is 19.9. The third kappa shape index (κ3) is 3.87. The van der Waals surface area contributed by atoms with Gasteiger partial charge in [0, 0.05) is 10.9 Å². The Labute approximate surface area is 180 Å². The molecule has 0 saturated heterocycles. The Kier molecular flexibility index (Phi) is 5.42. The van der Waals surface area contributed by atoms with Crippen LogP contribution in [0.25, 0.3) is 22.2 Å². The number of aromatic nitrogens is 1. The standard InChI is InChI=1S/C25H21ClN2O2/c1-15-12-16(2)24-19(13-15)20(25(29)28-22-7-5-4-6-21(22)26)14-23(27-24)17-8-10-18(30-3)11-9-17/h4-14H,1-3H3,(H,28,29). The van der Waals surface area contributed by atoms with Crippen molar-refractivity contribution in [2.45, 2.75) is 13.8 Å². The molecular formula is C25H21ClN2O2. The van der Waals surface area contributed by atoms with Crippen molar-refractivity contribution in [3.63, 3.8) is 0 Å². The maximum absolute atomic E-state index is 13.3. The number of nitrogens with one attached hydrogen (secondary N) is 1. The molecule has 1 amide bonds. The van der Waals surface area contributed by atoms with E-state index in [2.05, 4.69) is 11.4 Å². The molecule has 1 heterocycles. The van der Waals surface area contributed by atoms with Gasteiger partial charge in [-0.25, -0.2) is 4.98 Å². The van der Waals surface area contributed by atoms with E-state index in [1.807, 2.05) is 62.4 Å². The summed E-state index contributed by atoms with van der Waals surface area (Å²) in [5.41, 5.74) is 5.66. The van der Waals surface area contributed by atoms with Crippen molar-refractivity contribution in [1.82, 2.24) is 4.98 Å². The minimum absolute atomic E-state index is 0.227. The lowest BCUT2D eigenvalue weighted by molar-refractivity contribution is 0.102. The second kappa shape index (κ2) is 8.17. The average molecular weight is 417 g/mol. The van der Waals surface area contributed by atoms with Crippen LogP contribution in [0.1, 0.15) is 21.5 Å². The van der Waals surface area contributed by atoms with Gasteiger partial charge >= 0.3 is 0 Å². The highest BCUT2D eigenvalue weighted by molar-refractivity contribution is 6.34. The summed E-state index contributed by atoms with van der Waals surface area (Å²) < 4.78 is 5.25. The Hall–Kier alpha value is -3.37. The lowest BCUT2D eigenvalue weighted by atomic mass is 9.99. The number of hydrogen-bond acceptors (Lipinski definition) is 3. The molecule has 1 N–H and O–H groups in total. The van der Waals surface area contributed by atoms with E-state index in [1.54, 1.807) is 19.2 Å². The Morgan fingerprint density at radius 3 is 2.43 bits per heavy atom. The molecule has 0 unspecified atom stereocenters. The van der Waals surface area contributed by atoms with Crippen molar-refractivity contribution in [3.05, 3.63) is 88.4 Å². The van der Waals surface area contributed by atoms with E-state index < -0.39 is 0 Å². The number of pyridine rings is 1. The van der Waals surface area contributed by atoms with Crippen LogP contribution in [0.2, 0.25) is 5.02 Å². The van der Waals surface area contributed by atoms with Crippen molar-refractivity contribution < 1.29 is 9.53 Å². The van der Waals surface area contributed by atoms with Crippen molar-refractivity contribution in [2.75, 3.05) is 12.4 Å². The number of benzene rings is 3. The van der Waals surface area contributed by atoms with Gasteiger partial charge in [-0.2, -0.15) is 0 Å². The quantitative estimate of drug-likeness (QED) is 0.417. The molecule has 4 rings (SSSR count). The largest absolute Gasteiger partial charge is 0.497 e. The molecule has 4 nitrogen and oxygen atoms in total. The average Bonchev–Trinajstić information content (AvgIpc) is 2.75. The van der Waals surface area contributed by atoms with E-state index in [-0.39, 0.29) is 5.91 Å². The highest BCUT2D eigenvalue weighted by Gasteiger charge is 2.17. The fraction of sp³-hybridized carbons (Fsp3) is 0.120. The molecule has 4 aromatic rings. The first-order valence-corrected chi connectivity index (χ1v) is 9.96. The van der Waals surface area contributed by atoms with Crippen LogP contribution in [0, 0.1) is 13.8 Å². The molecule has 30 heavy (non-hydrogen) atoms. The first-order chi connectivity index (χ1) is 14.5. The van der Waals surface area contributed by atoms with Gasteiger partial charge in [0.1, 0.15) is 5.75 Å². The molecular weight excluding hydrogens is 396 g/mol. The number of para-hydroxylation sites is 1. The van der Waals surface area contributed by atoms with Crippen LogP contribution in [0.15, 0.2) is 66.7 Å². The molecule has 150 valence electrons. The summed E-state index contributed by atoms with van der Waals surface area (Å²) in [6, 6.07) is 20.7. The van der Waals surface area contributed by atoms with Crippen molar-refractivity contribution in [3.8, 4) is 17.0 Å². The molecule has 0 spiro atoms. The van der Waals surface area contributed by atoms with Gasteiger partial charge < -0.3 is 10.1 Å². The number of methoxy groups -OCH3 is 1. The minimum atomic E-state index is -0.227. The number of amides is 1. The van der Waals surface area contributed by atoms with Crippen molar-refractivity contribution in [2.24, 2.45) is 0 Å². The van der Waals surface area contributed by atoms with E-state index in [9.17, 15) is 4.79 Å². The number of carbonyl (C=O) groups is 1. The normalized spacial score (nSPS) is 10.8. The van der Waals surface area contributed by atoms with E-state index in [0.717, 1.165) is 39.0 Å². The van der Waals surface area contributed by atoms with Gasteiger partial charge in [-0.05, 0) is 67.9 Å². The fourth-order valence-electron chi connectivity index (χ4n) is 3.53. The van der Waals surface area contributed by atoms with Crippen molar-refractivity contribution in [1.29, 1.82) is 0 Å². The SMILES string of the molecule is COc1ccc(-c2cc(C(=O)Nc3ccccc3Cl)c3cc(C)cc(C)c3n2)cc1. The lowest BCUT2D eigenvalue weighted by Gasteiger charge is -2.14. The number of ether oxygens (including phenoxy) is 1. The number of rotatable bonds is 4. The lowest BCUT2D eigenvalue weighted by Crippen LogP contribution is -2.13. The summed E-state index contributed by atoms with van der Waals surface area (Å²) in [5.74, 6) is 0.540. The van der Waals surface area contributed by atoms with Crippen LogP contribution in [0.3, 0.4) is 0 Å². The zero-order chi connectivity index (χ0) is 21.3. The van der Waals surface area contributed by atoms with Gasteiger partial charge in [0.2, 0.25) is 0 Å². The molecule has 5 heteroatoms. The number of carbonyl (C=O) groups excluding carboxylic acids is 1. The fourth-order valence-corrected chi connectivity index (χ4v) is 3.71. The molecule has 0 aliphatic carbocycles. The van der Waals surface area contributed by atoms with Crippen LogP contribution in [-0.4, -0.2) is 18.0 Å². The Bertz CT molecular complexity index is 1250. The number of anilines is 1. The molecule has 3 aromatic carbocycles. The monoisotopic (exact) mass is 416 g/mol. The van der Waals surface area contributed by atoms with E-state index in [4.69, 9.17) is 21.3 Å². The van der Waals surface area contributed by atoms with Gasteiger partial charge in [0.25, 0.3) is 5.91 Å². The Morgan fingerprint density at radius 1 is 1.00 bits per heavy atom. The molecule has 0 aliphatic rings. The summed E-state index contributed by atoms with van der Waals surface area (Å²) in [4.78, 5) is 18.1. The summed E-state index contributed by atoms with van der Waals surface area (Å²) in [6.45, 7) is 4.02. The van der Waals surface area contributed by atoms with Crippen molar-refractivity contribution >= 4 is 34.1 Å². The van der Waals surface area contributed by atoms with Gasteiger partial charge in [-0.1, -0.05) is 35.4 Å². The van der Waals surface area contributed by atoms with Gasteiger partial charge in [-0.3, -0.25) is 4.79 Å². The van der Waals surface area contributed by atoms with E-state index in [1.165, 1.54) is 0 Å². The van der Waals surface area contributed by atoms with E-state index >= 15 is 0 Å². The van der Waals surface area contributed by atoms with E-state index in [0.29, 0.717) is 16.3 Å². The van der Waals surface area contributed by atoms with Crippen LogP contribution < -0.4 is 10.1 Å². The minimum Gasteiger partial charge on any atom is -0.497 e. The summed E-state index contributed by atoms with van der Waals surface area (Å²) in [7, 11) is 1.63. The molecule has 0 fully saturated rings. The topological polar surface area (TPSA) is 51.2 Å². The third-order valence-corrected chi connectivity index (χ3v) is 5.33. The predicted molar refractivity (Wildman–Crippen MR) is 123 cm³/mol. The highest BCUT2D eigenvalue weighted by atomic mass is 35.5. The molecule has 1 aromatic heterocycles. The number of aryl methyl sites for hydroxylation is 2. The Morgan fingerprint density at radius 2 is 1.73 bits per heavy atom. The Balaban J connectivity index is 1.87. The van der Waals surface area contributed by atoms with Crippen LogP contribution in [-0.2, 0) is 0 Å². The number of halogens is 1. The summed E-state index contributed by atoms with van der Waals surface area (Å²) in [6.07, 6.45) is 0. The molecule has 0 saturated carbocycles. The molecule has 0 atom stereocenters. The number of fused-ring (bicyclic) bond motifs is 1. The van der Waals surface area contributed by atoms with Crippen LogP contribution in [0.5, 0.6) is 5.75 Å². The highest BCUT2D eigenvalue weighted by Crippen LogP contribution is 2.30. The van der Waals surface area contributed by atoms with Gasteiger partial charge in [-0.15, -0.1) is 0 Å². The summed E-state index contributed by atoms with van der Waals surface area (Å²) >= 11 is 6.24. The predicted octanol–water partition coefficient (Wildman–Crippen LogP) is 6.43. The molecule has 0 radical (unpaired) electrons. The number of hydrogen-bond donors (Lipinski definition) is 1. The maximum Gasteiger partial charge on any atom is 0.256 e. The van der Waals surface area contributed by atoms with Crippen LogP contribution >= 0.6 is 11.6 Å². The zero-order valence-corrected chi connectivity index (χ0v) is 17.7. The third-order valence-electron chi connectivity index (χ3n) is 5.00. The second-order valence-corrected chi connectivity index (χ2v) is 7.60. The molecule has 0 bridgehead atoms. The maximum atomic E-state index is 13.3. The first-order valence-electron chi connectivity index (χ1n) is 9.58.